The molecule has 2 aliphatic rings. The highest BCUT2D eigenvalue weighted by molar-refractivity contribution is 6.31. The minimum absolute atomic E-state index is 0.00951. The average molecular weight is 570 g/mol. The molecule has 5 nitrogen and oxygen atoms in total. The van der Waals surface area contributed by atoms with Gasteiger partial charge in [-0.3, -0.25) is 9.69 Å². The van der Waals surface area contributed by atoms with E-state index in [-0.39, 0.29) is 23.6 Å². The summed E-state index contributed by atoms with van der Waals surface area (Å²) in [6.45, 7) is 10.3. The molecule has 0 fully saturated rings. The van der Waals surface area contributed by atoms with E-state index in [2.05, 4.69) is 26.0 Å². The third kappa shape index (κ3) is 5.23. The van der Waals surface area contributed by atoms with Crippen LogP contribution in [-0.4, -0.2) is 5.78 Å². The summed E-state index contributed by atoms with van der Waals surface area (Å²) in [5.41, 5.74) is 13.6. The number of nitrogens with zero attached hydrogens (tertiary/aromatic N) is 2. The molecule has 0 amide bonds. The Bertz CT molecular complexity index is 1660. The van der Waals surface area contributed by atoms with Gasteiger partial charge in [-0.2, -0.15) is 5.26 Å². The van der Waals surface area contributed by atoms with Gasteiger partial charge in [-0.15, -0.1) is 0 Å². The van der Waals surface area contributed by atoms with Gasteiger partial charge in [0.15, 0.2) is 5.78 Å². The van der Waals surface area contributed by atoms with Crippen LogP contribution >= 0.6 is 11.6 Å². The molecule has 3 aromatic rings. The number of nitrogens with two attached hydrogens (primary N) is 1. The van der Waals surface area contributed by atoms with Crippen LogP contribution in [0.25, 0.3) is 0 Å². The van der Waals surface area contributed by atoms with E-state index in [4.69, 9.17) is 22.1 Å². The molecule has 5 rings (SSSR count). The van der Waals surface area contributed by atoms with E-state index >= 15 is 0 Å². The highest BCUT2D eigenvalue weighted by atomic mass is 35.5. The number of nitriles is 1. The fourth-order valence-electron chi connectivity index (χ4n) is 6.01. The molecule has 3 aromatic carbocycles. The molecule has 0 spiro atoms. The summed E-state index contributed by atoms with van der Waals surface area (Å²) in [5.74, 6) is -0.0797. The molecule has 1 aliphatic heterocycles. The average Bonchev–Trinajstić information content (AvgIpc) is 2.90. The number of anilines is 1. The second kappa shape index (κ2) is 10.7. The van der Waals surface area contributed by atoms with E-state index in [1.165, 1.54) is 12.1 Å². The summed E-state index contributed by atoms with van der Waals surface area (Å²) < 4.78 is 19.3. The zero-order chi connectivity index (χ0) is 29.6. The summed E-state index contributed by atoms with van der Waals surface area (Å²) in [7, 11) is 0. The number of ether oxygens (including phenoxy) is 1. The number of Topliss-reactive ketones (excluding diaryl/α,β-unsaturated/α-hetero) is 1. The first-order chi connectivity index (χ1) is 19.4. The predicted octanol–water partition coefficient (Wildman–Crippen LogP) is 7.92. The molecule has 2 N–H and O–H groups in total. The first-order valence-electron chi connectivity index (χ1n) is 13.6. The van der Waals surface area contributed by atoms with E-state index in [9.17, 15) is 14.4 Å². The lowest BCUT2D eigenvalue weighted by molar-refractivity contribution is -0.118. The standard InChI is InChI=1S/C34H33ClFN3O2/c1-19-13-20(2)25(14-22(19)18-41-24-11-9-23(36)10-12-24)31-26(17-37)33(38)39(28-8-6-7-27(35)21(28)3)29-15-34(4,5)16-30(40)32(29)31/h6-14,31H,15-16,18,38H2,1-5H3. The second-order valence-electron chi connectivity index (χ2n) is 11.7. The van der Waals surface area contributed by atoms with Crippen LogP contribution in [-0.2, 0) is 11.4 Å². The second-order valence-corrected chi connectivity index (χ2v) is 12.1. The summed E-state index contributed by atoms with van der Waals surface area (Å²) in [6, 6.07) is 17.9. The zero-order valence-corrected chi connectivity index (χ0v) is 24.7. The molecule has 0 radical (unpaired) electrons. The van der Waals surface area contributed by atoms with Crippen molar-refractivity contribution < 1.29 is 13.9 Å². The fraction of sp³-hybridized carbons (Fsp3) is 0.294. The lowest BCUT2D eigenvalue weighted by atomic mass is 9.68. The van der Waals surface area contributed by atoms with E-state index in [0.717, 1.165) is 39.2 Å². The highest BCUT2D eigenvalue weighted by Crippen LogP contribution is 2.51. The van der Waals surface area contributed by atoms with E-state index < -0.39 is 5.92 Å². The van der Waals surface area contributed by atoms with Gasteiger partial charge in [-0.25, -0.2) is 4.39 Å². The maximum absolute atomic E-state index is 14.0. The maximum atomic E-state index is 14.0. The van der Waals surface area contributed by atoms with Gasteiger partial charge in [0.05, 0.1) is 23.2 Å². The van der Waals surface area contributed by atoms with Crippen molar-refractivity contribution in [1.29, 1.82) is 5.26 Å². The highest BCUT2D eigenvalue weighted by Gasteiger charge is 2.45. The Morgan fingerprint density at radius 3 is 2.49 bits per heavy atom. The molecular weight excluding hydrogens is 537 g/mol. The van der Waals surface area contributed by atoms with Crippen LogP contribution in [0.1, 0.15) is 60.4 Å². The molecular formula is C34H33ClFN3O2. The number of halogens is 2. The number of carbonyl (C=O) groups excluding carboxylic acids is 1. The van der Waals surface area contributed by atoms with Gasteiger partial charge in [0.2, 0.25) is 0 Å². The molecule has 1 heterocycles. The Hall–Kier alpha value is -4.08. The van der Waals surface area contributed by atoms with Crippen molar-refractivity contribution in [3.8, 4) is 11.8 Å². The van der Waals surface area contributed by atoms with Crippen LogP contribution in [0, 0.1) is 43.3 Å². The first kappa shape index (κ1) is 28.4. The Morgan fingerprint density at radius 2 is 1.80 bits per heavy atom. The number of ketones is 1. The number of aryl methyl sites for hydroxylation is 2. The molecule has 1 unspecified atom stereocenters. The maximum Gasteiger partial charge on any atom is 0.162 e. The fourth-order valence-corrected chi connectivity index (χ4v) is 6.18. The quantitative estimate of drug-likeness (QED) is 0.337. The Kier molecular flexibility index (Phi) is 7.44. The van der Waals surface area contributed by atoms with Crippen LogP contribution in [0.4, 0.5) is 10.1 Å². The van der Waals surface area contributed by atoms with Crippen LogP contribution < -0.4 is 15.4 Å². The Morgan fingerprint density at radius 1 is 1.10 bits per heavy atom. The SMILES string of the molecule is Cc1cc(C)c(C2C(C#N)=C(N)N(c3cccc(Cl)c3C)C3=C2C(=O)CC(C)(C)C3)cc1COc1ccc(F)cc1. The van der Waals surface area contributed by atoms with Gasteiger partial charge < -0.3 is 10.5 Å². The predicted molar refractivity (Wildman–Crippen MR) is 160 cm³/mol. The van der Waals surface area contributed by atoms with Gasteiger partial charge in [0, 0.05) is 22.7 Å². The summed E-state index contributed by atoms with van der Waals surface area (Å²) in [4.78, 5) is 15.9. The van der Waals surface area contributed by atoms with E-state index in [1.807, 2.05) is 49.9 Å². The summed E-state index contributed by atoms with van der Waals surface area (Å²) >= 11 is 6.51. The normalized spacial score (nSPS) is 18.3. The molecule has 41 heavy (non-hydrogen) atoms. The van der Waals surface area contributed by atoms with Crippen molar-refractivity contribution in [2.24, 2.45) is 11.1 Å². The number of benzene rings is 3. The van der Waals surface area contributed by atoms with Gasteiger partial charge in [-0.1, -0.05) is 43.6 Å². The van der Waals surface area contributed by atoms with Crippen molar-refractivity contribution >= 4 is 23.1 Å². The number of hydrogen-bond donors (Lipinski definition) is 1. The van der Waals surface area contributed by atoms with Crippen LogP contribution in [0.5, 0.6) is 5.75 Å². The molecule has 1 atom stereocenters. The molecule has 0 saturated carbocycles. The van der Waals surface area contributed by atoms with Gasteiger partial charge in [0.25, 0.3) is 0 Å². The largest absolute Gasteiger partial charge is 0.489 e. The molecule has 0 aromatic heterocycles. The number of hydrogen-bond acceptors (Lipinski definition) is 5. The number of allylic oxidation sites excluding steroid dienone is 3. The minimum atomic E-state index is -0.612. The van der Waals surface area contributed by atoms with E-state index in [1.54, 1.807) is 12.1 Å². The van der Waals surface area contributed by atoms with Gasteiger partial charge in [0.1, 0.15) is 24.0 Å². The van der Waals surface area contributed by atoms with Crippen molar-refractivity contribution in [3.63, 3.8) is 0 Å². The molecule has 0 saturated heterocycles. The van der Waals surface area contributed by atoms with Crippen LogP contribution in [0.2, 0.25) is 5.02 Å². The van der Waals surface area contributed by atoms with Crippen LogP contribution in [0.3, 0.4) is 0 Å². The van der Waals surface area contributed by atoms with E-state index in [0.29, 0.717) is 40.6 Å². The van der Waals surface area contributed by atoms with Crippen LogP contribution in [0.15, 0.2) is 77.3 Å². The van der Waals surface area contributed by atoms with Gasteiger partial charge >= 0.3 is 0 Å². The monoisotopic (exact) mass is 569 g/mol. The topological polar surface area (TPSA) is 79.4 Å². The van der Waals surface area contributed by atoms with Crippen molar-refractivity contribution in [2.75, 3.05) is 4.90 Å². The third-order valence-electron chi connectivity index (χ3n) is 8.10. The van der Waals surface area contributed by atoms with Crippen molar-refractivity contribution in [3.05, 3.63) is 116 Å². The third-order valence-corrected chi connectivity index (χ3v) is 8.51. The van der Waals surface area contributed by atoms with Crippen molar-refractivity contribution in [2.45, 2.75) is 60.0 Å². The lowest BCUT2D eigenvalue weighted by Crippen LogP contribution is -2.42. The molecule has 1 aliphatic carbocycles. The summed E-state index contributed by atoms with van der Waals surface area (Å²) in [5, 5.41) is 11.1. The Labute approximate surface area is 245 Å². The van der Waals surface area contributed by atoms with Gasteiger partial charge in [-0.05, 0) is 96.8 Å². The molecule has 7 heteroatoms. The van der Waals surface area contributed by atoms with Crippen molar-refractivity contribution in [1.82, 2.24) is 0 Å². The molecule has 0 bridgehead atoms. The smallest absolute Gasteiger partial charge is 0.162 e. The molecule has 210 valence electrons. The number of rotatable bonds is 5. The number of carbonyl (C=O) groups is 1. The minimum Gasteiger partial charge on any atom is -0.489 e. The Balaban J connectivity index is 1.68. The lowest BCUT2D eigenvalue weighted by Gasteiger charge is -2.44. The first-order valence-corrected chi connectivity index (χ1v) is 14.0. The summed E-state index contributed by atoms with van der Waals surface area (Å²) in [6.07, 6.45) is 0.982. The zero-order valence-electron chi connectivity index (χ0n) is 23.9.